The Morgan fingerprint density at radius 2 is 1.77 bits per heavy atom. The minimum Gasteiger partial charge on any atom is -0.480 e. The average molecular weight is 536 g/mol. The molecular weight excluding hydrogens is 515 g/mol. The second kappa shape index (κ2) is 9.89. The molecule has 0 saturated heterocycles. The minimum atomic E-state index is -1.30. The lowest BCUT2D eigenvalue weighted by molar-refractivity contribution is -0.140. The molecule has 1 fully saturated rings. The molecule has 35 heavy (non-hydrogen) atoms. The van der Waals surface area contributed by atoms with Crippen molar-refractivity contribution in [3.63, 3.8) is 0 Å². The molecule has 2 aromatic carbocycles. The zero-order chi connectivity index (χ0) is 25.3. The Kier molecular flexibility index (Phi) is 7.07. The van der Waals surface area contributed by atoms with Crippen molar-refractivity contribution >= 4 is 64.6 Å². The van der Waals surface area contributed by atoms with Crippen molar-refractivity contribution < 1.29 is 19.5 Å². The number of halogens is 3. The van der Waals surface area contributed by atoms with Crippen LogP contribution in [0.1, 0.15) is 34.9 Å². The number of anilines is 2. The minimum absolute atomic E-state index is 0.0542. The number of carboxylic acids is 1. The van der Waals surface area contributed by atoms with Gasteiger partial charge in [0.15, 0.2) is 0 Å². The molecule has 8 nitrogen and oxygen atoms in total. The number of nitrogens with one attached hydrogen (secondary N) is 1. The topological polar surface area (TPSA) is 105 Å². The van der Waals surface area contributed by atoms with E-state index in [9.17, 15) is 19.5 Å². The van der Waals surface area contributed by atoms with Crippen LogP contribution in [0.4, 0.5) is 11.6 Å². The number of benzene rings is 2. The number of carboxylic acid groups (broad SMARTS) is 1. The van der Waals surface area contributed by atoms with Crippen LogP contribution in [0.5, 0.6) is 0 Å². The van der Waals surface area contributed by atoms with Crippen LogP contribution >= 0.6 is 34.8 Å². The van der Waals surface area contributed by atoms with E-state index in [0.29, 0.717) is 33.6 Å². The molecule has 1 amide bonds. The van der Waals surface area contributed by atoms with E-state index in [0.717, 1.165) is 11.8 Å². The summed E-state index contributed by atoms with van der Waals surface area (Å²) in [5.74, 6) is -1.46. The van der Waals surface area contributed by atoms with E-state index >= 15 is 0 Å². The molecule has 1 heterocycles. The molecule has 1 saturated carbocycles. The molecular formula is C24H21Cl3N4O4. The normalized spacial score (nSPS) is 14.7. The van der Waals surface area contributed by atoms with E-state index in [4.69, 9.17) is 34.8 Å². The molecule has 0 spiro atoms. The van der Waals surface area contributed by atoms with Crippen LogP contribution in [0.15, 0.2) is 48.7 Å². The van der Waals surface area contributed by atoms with Gasteiger partial charge in [0, 0.05) is 34.2 Å². The lowest BCUT2D eigenvalue weighted by atomic mass is 10.1. The summed E-state index contributed by atoms with van der Waals surface area (Å²) < 4.78 is 1.49. The van der Waals surface area contributed by atoms with Gasteiger partial charge in [0.05, 0.1) is 12.2 Å². The predicted molar refractivity (Wildman–Crippen MR) is 134 cm³/mol. The molecule has 11 heteroatoms. The fraction of sp³-hybridized carbons (Fsp3) is 0.250. The zero-order valence-corrected chi connectivity index (χ0v) is 20.8. The van der Waals surface area contributed by atoms with Crippen molar-refractivity contribution in [2.45, 2.75) is 30.8 Å². The fourth-order valence-corrected chi connectivity index (χ4v) is 4.44. The molecule has 4 rings (SSSR count). The Hall–Kier alpha value is -3.07. The van der Waals surface area contributed by atoms with E-state index in [1.807, 2.05) is 0 Å². The number of aromatic nitrogens is 2. The van der Waals surface area contributed by atoms with Crippen molar-refractivity contribution in [1.82, 2.24) is 14.9 Å². The molecule has 2 N–H and O–H groups in total. The fourth-order valence-electron chi connectivity index (χ4n) is 3.80. The molecule has 3 aromatic rings. The molecule has 1 aliphatic rings. The van der Waals surface area contributed by atoms with Gasteiger partial charge in [-0.25, -0.2) is 9.78 Å². The number of amides is 1. The highest BCUT2D eigenvalue weighted by Gasteiger charge is 2.52. The molecule has 1 aliphatic carbocycles. The van der Waals surface area contributed by atoms with E-state index < -0.39 is 23.5 Å². The van der Waals surface area contributed by atoms with Crippen LogP contribution in [0.25, 0.3) is 0 Å². The largest absolute Gasteiger partial charge is 0.480 e. The number of carbonyl (C=O) groups excluding carboxylic acids is 2. The summed E-state index contributed by atoms with van der Waals surface area (Å²) in [6.45, 7) is 0. The number of imidazole rings is 1. The maximum atomic E-state index is 13.2. The number of aliphatic carboxylic acids is 1. The number of hydrogen-bond acceptors (Lipinski definition) is 5. The molecule has 1 aromatic heterocycles. The first-order valence-corrected chi connectivity index (χ1v) is 11.8. The van der Waals surface area contributed by atoms with Gasteiger partial charge in [-0.15, -0.1) is 0 Å². The third-order valence-corrected chi connectivity index (χ3v) is 6.59. The number of carbonyl (C=O) groups is 3. The molecule has 0 radical (unpaired) electrons. The highest BCUT2D eigenvalue weighted by atomic mass is 35.5. The summed E-state index contributed by atoms with van der Waals surface area (Å²) in [5, 5.41) is 13.5. The van der Waals surface area contributed by atoms with E-state index in [2.05, 4.69) is 10.3 Å². The van der Waals surface area contributed by atoms with Gasteiger partial charge >= 0.3 is 5.97 Å². The maximum Gasteiger partial charge on any atom is 0.329 e. The number of rotatable bonds is 9. The van der Waals surface area contributed by atoms with E-state index in [1.165, 1.54) is 10.8 Å². The highest BCUT2D eigenvalue weighted by molar-refractivity contribution is 6.35. The Balaban J connectivity index is 1.77. The van der Waals surface area contributed by atoms with Gasteiger partial charge < -0.3 is 20.1 Å². The number of hydrogen-bond donors (Lipinski definition) is 2. The summed E-state index contributed by atoms with van der Waals surface area (Å²) in [4.78, 5) is 43.2. The van der Waals surface area contributed by atoms with Gasteiger partial charge in [-0.1, -0.05) is 46.9 Å². The molecule has 0 aliphatic heterocycles. The van der Waals surface area contributed by atoms with Gasteiger partial charge in [0.25, 0.3) is 5.91 Å². The van der Waals surface area contributed by atoms with Crippen LogP contribution < -0.4 is 10.2 Å². The van der Waals surface area contributed by atoms with Crippen LogP contribution in [0.2, 0.25) is 15.1 Å². The van der Waals surface area contributed by atoms with E-state index in [-0.39, 0.29) is 18.1 Å². The Morgan fingerprint density at radius 3 is 2.31 bits per heavy atom. The second-order valence-electron chi connectivity index (χ2n) is 8.38. The SMILES string of the molecule is CN(c1cc(Cl)cc(Cl)c1)c1ncc(C(=O)NC2(C(=O)O)CC2)n1C(C=O)Cc1ccc(Cl)cc1. The standard InChI is InChI=1S/C24H21Cl3N4O4/c1-30(18-10-16(26)9-17(27)11-18)23-28-12-20(21(33)29-24(6-7-24)22(34)35)31(23)19(13-32)8-14-2-4-15(25)5-3-14/h2-5,9-13,19H,6-8H2,1H3,(H,29,33)(H,34,35). The molecule has 1 atom stereocenters. The second-order valence-corrected chi connectivity index (χ2v) is 9.68. The third kappa shape index (κ3) is 5.29. The van der Waals surface area contributed by atoms with Crippen molar-refractivity contribution in [2.24, 2.45) is 0 Å². The number of aldehydes is 1. The first kappa shape index (κ1) is 25.0. The summed E-state index contributed by atoms with van der Waals surface area (Å²) in [5.41, 5.74) is 0.154. The van der Waals surface area contributed by atoms with E-state index in [1.54, 1.807) is 54.4 Å². The quantitative estimate of drug-likeness (QED) is 0.376. The highest BCUT2D eigenvalue weighted by Crippen LogP contribution is 2.37. The zero-order valence-electron chi connectivity index (χ0n) is 18.5. The van der Waals surface area contributed by atoms with Gasteiger partial charge in [0.2, 0.25) is 5.95 Å². The summed E-state index contributed by atoms with van der Waals surface area (Å²) in [6.07, 6.45) is 2.96. The van der Waals surface area contributed by atoms with Crippen LogP contribution in [0, 0.1) is 0 Å². The molecule has 0 bridgehead atoms. The smallest absolute Gasteiger partial charge is 0.329 e. The Bertz CT molecular complexity index is 1270. The summed E-state index contributed by atoms with van der Waals surface area (Å²) >= 11 is 18.3. The maximum absolute atomic E-state index is 13.2. The average Bonchev–Trinajstić information content (AvgIpc) is 3.46. The predicted octanol–water partition coefficient (Wildman–Crippen LogP) is 4.94. The van der Waals surface area contributed by atoms with Gasteiger partial charge in [-0.05, 0) is 48.7 Å². The van der Waals surface area contributed by atoms with Crippen LogP contribution in [-0.4, -0.2) is 45.4 Å². The van der Waals surface area contributed by atoms with Crippen molar-refractivity contribution in [3.8, 4) is 0 Å². The summed E-state index contributed by atoms with van der Waals surface area (Å²) in [7, 11) is 1.70. The Labute approximate surface area is 216 Å². The lowest BCUT2D eigenvalue weighted by Crippen LogP contribution is -2.44. The van der Waals surface area contributed by atoms with Gasteiger partial charge in [0.1, 0.15) is 17.5 Å². The monoisotopic (exact) mass is 534 g/mol. The Morgan fingerprint density at radius 1 is 1.14 bits per heavy atom. The van der Waals surface area contributed by atoms with Crippen molar-refractivity contribution in [1.29, 1.82) is 0 Å². The lowest BCUT2D eigenvalue weighted by Gasteiger charge is -2.25. The van der Waals surface area contributed by atoms with Crippen molar-refractivity contribution in [2.75, 3.05) is 11.9 Å². The van der Waals surface area contributed by atoms with Crippen LogP contribution in [0.3, 0.4) is 0 Å². The summed E-state index contributed by atoms with van der Waals surface area (Å²) in [6, 6.07) is 11.1. The van der Waals surface area contributed by atoms with Gasteiger partial charge in [-0.2, -0.15) is 0 Å². The molecule has 182 valence electrons. The van der Waals surface area contributed by atoms with Gasteiger partial charge in [-0.3, -0.25) is 9.36 Å². The molecule has 1 unspecified atom stereocenters. The first-order valence-electron chi connectivity index (χ1n) is 10.7. The number of nitrogens with zero attached hydrogens (tertiary/aromatic N) is 3. The van der Waals surface area contributed by atoms with Crippen LogP contribution in [-0.2, 0) is 16.0 Å². The first-order chi connectivity index (χ1) is 16.6. The third-order valence-electron chi connectivity index (χ3n) is 5.90. The van der Waals surface area contributed by atoms with Crippen molar-refractivity contribution in [3.05, 3.63) is 75.0 Å².